The Bertz CT molecular complexity index is 1410. The van der Waals surface area contributed by atoms with Crippen molar-refractivity contribution in [3.8, 4) is 0 Å². The minimum atomic E-state index is -0.837. The molecule has 0 aliphatic heterocycles. The number of rotatable bonds is 49. The Balaban J connectivity index is 4.56. The van der Waals surface area contributed by atoms with Crippen LogP contribution in [0.4, 0.5) is 0 Å². The first-order chi connectivity index (χ1) is 33.5. The second-order valence-corrected chi connectivity index (χ2v) is 18.1. The number of carbonyl (C=O) groups excluding carboxylic acids is 3. The zero-order valence-corrected chi connectivity index (χ0v) is 44.1. The molecule has 0 heterocycles. The van der Waals surface area contributed by atoms with Gasteiger partial charge in [0.1, 0.15) is 13.2 Å². The summed E-state index contributed by atoms with van der Waals surface area (Å²) in [4.78, 5) is 38.0. The second-order valence-electron chi connectivity index (χ2n) is 18.1. The van der Waals surface area contributed by atoms with Crippen LogP contribution < -0.4 is 0 Å². The molecule has 0 saturated heterocycles. The molecule has 1 unspecified atom stereocenters. The molecule has 0 saturated carbocycles. The largest absolute Gasteiger partial charge is 0.462 e. The molecule has 386 valence electrons. The van der Waals surface area contributed by atoms with E-state index in [1.165, 1.54) is 109 Å². The Hall–Kier alpha value is -3.93. The van der Waals surface area contributed by atoms with Crippen molar-refractivity contribution in [2.75, 3.05) is 13.2 Å². The van der Waals surface area contributed by atoms with Crippen LogP contribution in [-0.4, -0.2) is 37.2 Å². The van der Waals surface area contributed by atoms with E-state index in [2.05, 4.69) is 112 Å². The van der Waals surface area contributed by atoms with Crippen LogP contribution in [-0.2, 0) is 28.6 Å². The van der Waals surface area contributed by atoms with Crippen LogP contribution in [0.3, 0.4) is 0 Å². The zero-order chi connectivity index (χ0) is 49.3. The molecule has 0 fully saturated rings. The van der Waals surface area contributed by atoms with Gasteiger partial charge >= 0.3 is 17.9 Å². The second kappa shape index (κ2) is 55.7. The molecular weight excluding hydrogens is 841 g/mol. The summed E-state index contributed by atoms with van der Waals surface area (Å²) < 4.78 is 16.7. The van der Waals surface area contributed by atoms with Crippen LogP contribution in [0.5, 0.6) is 0 Å². The lowest BCUT2D eigenvalue weighted by Gasteiger charge is -2.18. The summed E-state index contributed by atoms with van der Waals surface area (Å²) in [6.07, 6.45) is 75.3. The van der Waals surface area contributed by atoms with Crippen LogP contribution >= 0.6 is 0 Å². The third-order valence-corrected chi connectivity index (χ3v) is 11.5. The molecule has 6 heteroatoms. The fraction of sp³-hybridized carbons (Fsp3) is 0.661. The van der Waals surface area contributed by atoms with Crippen molar-refractivity contribution < 1.29 is 28.6 Å². The Morgan fingerprint density at radius 2 is 0.603 bits per heavy atom. The van der Waals surface area contributed by atoms with E-state index in [9.17, 15) is 14.4 Å². The highest BCUT2D eigenvalue weighted by molar-refractivity contribution is 5.71. The van der Waals surface area contributed by atoms with Gasteiger partial charge in [0.25, 0.3) is 0 Å². The van der Waals surface area contributed by atoms with Gasteiger partial charge in [-0.05, 0) is 103 Å². The van der Waals surface area contributed by atoms with E-state index in [1.54, 1.807) is 0 Å². The SMILES string of the molecule is CC/C=C\C/C=C\C/C=C\C/C=C\C/C=C\C/C=C\CCC(=O)OCC(COC(=O)CC/C=C\C/C=C\CCCCCCCC)OC(=O)CCCCCCC/C=C\CCCCCCCCCCC. The molecule has 0 rings (SSSR count). The van der Waals surface area contributed by atoms with Crippen molar-refractivity contribution in [2.45, 2.75) is 252 Å². The average Bonchev–Trinajstić information content (AvgIpc) is 3.34. The lowest BCUT2D eigenvalue weighted by atomic mass is 10.1. The number of hydrogen-bond acceptors (Lipinski definition) is 6. The summed E-state index contributed by atoms with van der Waals surface area (Å²) in [6, 6.07) is 0. The molecule has 1 atom stereocenters. The summed E-state index contributed by atoms with van der Waals surface area (Å²) in [7, 11) is 0. The van der Waals surface area contributed by atoms with Gasteiger partial charge in [-0.3, -0.25) is 14.4 Å². The van der Waals surface area contributed by atoms with E-state index < -0.39 is 6.10 Å². The smallest absolute Gasteiger partial charge is 0.306 e. The van der Waals surface area contributed by atoms with Gasteiger partial charge in [0.15, 0.2) is 6.10 Å². The normalized spacial score (nSPS) is 12.9. The monoisotopic (exact) mass is 943 g/mol. The van der Waals surface area contributed by atoms with Crippen LogP contribution in [0.1, 0.15) is 245 Å². The summed E-state index contributed by atoms with van der Waals surface area (Å²) in [6.45, 7) is 6.39. The summed E-state index contributed by atoms with van der Waals surface area (Å²) in [5.74, 6) is -1.09. The van der Waals surface area contributed by atoms with Crippen LogP contribution in [0.25, 0.3) is 0 Å². The minimum absolute atomic E-state index is 0.136. The van der Waals surface area contributed by atoms with Crippen LogP contribution in [0, 0.1) is 0 Å². The van der Waals surface area contributed by atoms with Gasteiger partial charge in [0.2, 0.25) is 0 Å². The summed E-state index contributed by atoms with van der Waals surface area (Å²) >= 11 is 0. The maximum atomic E-state index is 12.8. The lowest BCUT2D eigenvalue weighted by Crippen LogP contribution is -2.30. The van der Waals surface area contributed by atoms with Gasteiger partial charge in [-0.25, -0.2) is 0 Å². The number of carbonyl (C=O) groups is 3. The van der Waals surface area contributed by atoms with E-state index in [0.29, 0.717) is 12.8 Å². The van der Waals surface area contributed by atoms with E-state index in [-0.39, 0.29) is 50.4 Å². The minimum Gasteiger partial charge on any atom is -0.462 e. The Morgan fingerprint density at radius 1 is 0.309 bits per heavy atom. The first kappa shape index (κ1) is 64.1. The highest BCUT2D eigenvalue weighted by Gasteiger charge is 2.19. The maximum absolute atomic E-state index is 12.8. The van der Waals surface area contributed by atoms with Crippen molar-refractivity contribution >= 4 is 17.9 Å². The Morgan fingerprint density at radius 3 is 0.971 bits per heavy atom. The molecule has 0 N–H and O–H groups in total. The molecule has 0 aromatic rings. The lowest BCUT2D eigenvalue weighted by molar-refractivity contribution is -0.166. The molecule has 6 nitrogen and oxygen atoms in total. The van der Waals surface area contributed by atoms with Gasteiger partial charge in [-0.1, -0.05) is 233 Å². The molecule has 0 radical (unpaired) electrons. The number of hydrogen-bond donors (Lipinski definition) is 0. The van der Waals surface area contributed by atoms with Crippen LogP contribution in [0.2, 0.25) is 0 Å². The van der Waals surface area contributed by atoms with Crippen molar-refractivity contribution in [2.24, 2.45) is 0 Å². The van der Waals surface area contributed by atoms with E-state index >= 15 is 0 Å². The molecule has 0 amide bonds. The average molecular weight is 943 g/mol. The van der Waals surface area contributed by atoms with Gasteiger partial charge in [-0.2, -0.15) is 0 Å². The topological polar surface area (TPSA) is 78.9 Å². The summed E-state index contributed by atoms with van der Waals surface area (Å²) in [5.41, 5.74) is 0. The van der Waals surface area contributed by atoms with Gasteiger partial charge < -0.3 is 14.2 Å². The van der Waals surface area contributed by atoms with Crippen molar-refractivity contribution in [3.05, 3.63) is 109 Å². The van der Waals surface area contributed by atoms with Gasteiger partial charge in [0.05, 0.1) is 0 Å². The standard InChI is InChI=1S/C62H102O6/c1-4-7-10-13-16-19-22-25-27-29-31-33-34-37-40-43-46-49-52-55-61(64)67-58-59(57-66-60(63)54-51-48-45-42-39-36-24-21-18-15-12-9-6-3)68-62(65)56-53-50-47-44-41-38-35-32-30-28-26-23-20-17-14-11-8-5-2/h7,10,16,19,25,27,31-33,35-37,39-40,45-46,48-49,59H,4-6,8-9,11-15,17-18,20-24,26,28-30,34,38,41-44,47,50-58H2,1-3H3/b10-7-,19-16-,27-25-,33-31-,35-32-,39-36-,40-37-,48-45-,49-46-. The van der Waals surface area contributed by atoms with Gasteiger partial charge in [-0.15, -0.1) is 0 Å². The third kappa shape index (κ3) is 53.0. The fourth-order valence-corrected chi connectivity index (χ4v) is 7.34. The zero-order valence-electron chi connectivity index (χ0n) is 44.1. The Kier molecular flexibility index (Phi) is 52.4. The predicted octanol–water partition coefficient (Wildman–Crippen LogP) is 18.7. The van der Waals surface area contributed by atoms with E-state index in [4.69, 9.17) is 14.2 Å². The molecule has 68 heavy (non-hydrogen) atoms. The first-order valence-electron chi connectivity index (χ1n) is 27.9. The molecule has 0 aliphatic carbocycles. The molecular formula is C62H102O6. The van der Waals surface area contributed by atoms with Gasteiger partial charge in [0, 0.05) is 19.3 Å². The van der Waals surface area contributed by atoms with E-state index in [0.717, 1.165) is 83.5 Å². The molecule has 0 aliphatic rings. The quantitative estimate of drug-likeness (QED) is 0.0262. The number of esters is 3. The number of unbranched alkanes of at least 4 members (excludes halogenated alkanes) is 20. The molecule has 0 spiro atoms. The van der Waals surface area contributed by atoms with Crippen LogP contribution in [0.15, 0.2) is 109 Å². The fourth-order valence-electron chi connectivity index (χ4n) is 7.34. The van der Waals surface area contributed by atoms with Crippen molar-refractivity contribution in [1.82, 2.24) is 0 Å². The first-order valence-corrected chi connectivity index (χ1v) is 27.9. The highest BCUT2D eigenvalue weighted by atomic mass is 16.6. The number of ether oxygens (including phenoxy) is 3. The van der Waals surface area contributed by atoms with Crippen molar-refractivity contribution in [3.63, 3.8) is 0 Å². The third-order valence-electron chi connectivity index (χ3n) is 11.5. The predicted molar refractivity (Wildman–Crippen MR) is 293 cm³/mol. The molecule has 0 aromatic heterocycles. The molecule has 0 bridgehead atoms. The maximum Gasteiger partial charge on any atom is 0.306 e. The van der Waals surface area contributed by atoms with Crippen molar-refractivity contribution in [1.29, 1.82) is 0 Å². The number of allylic oxidation sites excluding steroid dienone is 18. The summed E-state index contributed by atoms with van der Waals surface area (Å²) in [5, 5.41) is 0. The highest BCUT2D eigenvalue weighted by Crippen LogP contribution is 2.13. The Labute approximate surface area is 419 Å². The molecule has 0 aromatic carbocycles. The van der Waals surface area contributed by atoms with E-state index in [1.807, 2.05) is 18.2 Å².